The van der Waals surface area contributed by atoms with Crippen LogP contribution < -0.4 is 5.73 Å². The molecule has 0 aliphatic carbocycles. The zero-order valence-corrected chi connectivity index (χ0v) is 10.0. The number of carboxylic acids is 1. The molecule has 3 aromatic heterocycles. The number of aromatic carboxylic acids is 1. The number of anilines is 1. The molecule has 3 rings (SSSR count). The summed E-state index contributed by atoms with van der Waals surface area (Å²) >= 11 is 1.50. The van der Waals surface area contributed by atoms with Crippen molar-refractivity contribution in [2.75, 3.05) is 5.73 Å². The van der Waals surface area contributed by atoms with Crippen LogP contribution in [-0.2, 0) is 0 Å². The van der Waals surface area contributed by atoms with Gasteiger partial charge in [-0.25, -0.2) is 9.78 Å². The third kappa shape index (κ3) is 1.54. The Hall–Kier alpha value is -2.34. The monoisotopic (exact) mass is 259 g/mol. The highest BCUT2D eigenvalue weighted by Gasteiger charge is 2.18. The fourth-order valence-electron chi connectivity index (χ4n) is 1.84. The molecule has 90 valence electrons. The van der Waals surface area contributed by atoms with Gasteiger partial charge in [0.2, 0.25) is 0 Å². The van der Waals surface area contributed by atoms with Gasteiger partial charge in [0.05, 0.1) is 10.4 Å². The molecule has 0 spiro atoms. The summed E-state index contributed by atoms with van der Waals surface area (Å²) in [6.45, 7) is 0. The van der Waals surface area contributed by atoms with E-state index in [1.54, 1.807) is 22.7 Å². The zero-order valence-electron chi connectivity index (χ0n) is 9.20. The van der Waals surface area contributed by atoms with Gasteiger partial charge in [0, 0.05) is 11.9 Å². The number of nitrogens with zero attached hydrogens (tertiary/aromatic N) is 2. The van der Waals surface area contributed by atoms with Crippen LogP contribution in [-0.4, -0.2) is 20.5 Å². The number of nitrogen functional groups attached to an aromatic ring is 1. The molecule has 0 fully saturated rings. The van der Waals surface area contributed by atoms with Crippen molar-refractivity contribution in [3.8, 4) is 10.7 Å². The number of carboxylic acid groups (broad SMARTS) is 1. The third-order valence-corrected chi connectivity index (χ3v) is 3.47. The normalized spacial score (nSPS) is 10.9. The van der Waals surface area contributed by atoms with Gasteiger partial charge in [-0.05, 0) is 23.6 Å². The maximum Gasteiger partial charge on any atom is 0.356 e. The highest BCUT2D eigenvalue weighted by Crippen LogP contribution is 2.27. The molecule has 5 nitrogen and oxygen atoms in total. The lowest BCUT2D eigenvalue weighted by atomic mass is 10.3. The van der Waals surface area contributed by atoms with Gasteiger partial charge in [-0.15, -0.1) is 11.3 Å². The minimum atomic E-state index is -1.04. The first kappa shape index (κ1) is 10.8. The second-order valence-corrected chi connectivity index (χ2v) is 4.73. The van der Waals surface area contributed by atoms with E-state index in [1.165, 1.54) is 11.3 Å². The predicted octanol–water partition coefficient (Wildman–Crippen LogP) is 2.34. The lowest BCUT2D eigenvalue weighted by Crippen LogP contribution is -1.97. The standard InChI is InChI=1S/C12H9N3O2S/c13-7-3-4-8-10(12(16)17)14-11(15(8)6-7)9-2-1-5-18-9/h1-6H,13H2,(H,16,17). The Balaban J connectivity index is 2.38. The number of hydrogen-bond acceptors (Lipinski definition) is 4. The molecule has 0 saturated carbocycles. The van der Waals surface area contributed by atoms with E-state index in [4.69, 9.17) is 10.8 Å². The van der Waals surface area contributed by atoms with Crippen LogP contribution >= 0.6 is 11.3 Å². The number of aromatic nitrogens is 2. The van der Waals surface area contributed by atoms with Crippen LogP contribution in [0.2, 0.25) is 0 Å². The van der Waals surface area contributed by atoms with E-state index in [9.17, 15) is 4.79 Å². The Bertz CT molecular complexity index is 731. The van der Waals surface area contributed by atoms with Crippen molar-refractivity contribution in [2.45, 2.75) is 0 Å². The molecule has 3 N–H and O–H groups in total. The Kier molecular flexibility index (Phi) is 2.31. The van der Waals surface area contributed by atoms with Crippen molar-refractivity contribution in [1.82, 2.24) is 9.38 Å². The SMILES string of the molecule is Nc1ccc2c(C(=O)O)nc(-c3cccs3)n2c1. The van der Waals surface area contributed by atoms with E-state index < -0.39 is 5.97 Å². The van der Waals surface area contributed by atoms with Gasteiger partial charge in [-0.1, -0.05) is 6.07 Å². The van der Waals surface area contributed by atoms with Crippen molar-refractivity contribution >= 4 is 28.5 Å². The largest absolute Gasteiger partial charge is 0.476 e. The zero-order chi connectivity index (χ0) is 12.7. The molecule has 0 bridgehead atoms. The first-order chi connectivity index (χ1) is 8.66. The molecular formula is C12H9N3O2S. The Morgan fingerprint density at radius 3 is 2.89 bits per heavy atom. The van der Waals surface area contributed by atoms with Gasteiger partial charge < -0.3 is 10.8 Å². The molecule has 3 aromatic rings. The van der Waals surface area contributed by atoms with Crippen molar-refractivity contribution in [3.63, 3.8) is 0 Å². The summed E-state index contributed by atoms with van der Waals surface area (Å²) in [5.41, 5.74) is 6.89. The van der Waals surface area contributed by atoms with Gasteiger partial charge in [0.25, 0.3) is 0 Å². The van der Waals surface area contributed by atoms with Crippen molar-refractivity contribution in [3.05, 3.63) is 41.5 Å². The summed E-state index contributed by atoms with van der Waals surface area (Å²) in [5, 5.41) is 11.1. The molecule has 0 unspecified atom stereocenters. The van der Waals surface area contributed by atoms with Crippen LogP contribution in [0.25, 0.3) is 16.2 Å². The molecular weight excluding hydrogens is 250 g/mol. The Morgan fingerprint density at radius 2 is 2.22 bits per heavy atom. The fourth-order valence-corrected chi connectivity index (χ4v) is 2.55. The smallest absolute Gasteiger partial charge is 0.356 e. The van der Waals surface area contributed by atoms with E-state index in [0.29, 0.717) is 17.0 Å². The third-order valence-electron chi connectivity index (χ3n) is 2.60. The summed E-state index contributed by atoms with van der Waals surface area (Å²) in [4.78, 5) is 16.3. The number of imidazole rings is 1. The molecule has 0 saturated heterocycles. The van der Waals surface area contributed by atoms with Crippen LogP contribution in [0, 0.1) is 0 Å². The molecule has 6 heteroatoms. The van der Waals surface area contributed by atoms with E-state index in [-0.39, 0.29) is 5.69 Å². The quantitative estimate of drug-likeness (QED) is 0.740. The minimum absolute atomic E-state index is 0.0402. The topological polar surface area (TPSA) is 80.6 Å². The van der Waals surface area contributed by atoms with Crippen LogP contribution in [0.3, 0.4) is 0 Å². The van der Waals surface area contributed by atoms with Crippen LogP contribution in [0.15, 0.2) is 35.8 Å². The Morgan fingerprint density at radius 1 is 1.39 bits per heavy atom. The first-order valence-electron chi connectivity index (χ1n) is 5.21. The van der Waals surface area contributed by atoms with Gasteiger partial charge in [-0.3, -0.25) is 4.40 Å². The lowest BCUT2D eigenvalue weighted by molar-refractivity contribution is 0.0693. The maximum absolute atomic E-state index is 11.2. The molecule has 18 heavy (non-hydrogen) atoms. The number of rotatable bonds is 2. The molecule has 0 atom stereocenters. The lowest BCUT2D eigenvalue weighted by Gasteiger charge is -1.99. The molecule has 0 aromatic carbocycles. The Labute approximate surface area is 106 Å². The highest BCUT2D eigenvalue weighted by atomic mass is 32.1. The van der Waals surface area contributed by atoms with Crippen molar-refractivity contribution in [1.29, 1.82) is 0 Å². The van der Waals surface area contributed by atoms with Crippen LogP contribution in [0.5, 0.6) is 0 Å². The number of nitrogens with two attached hydrogens (primary N) is 1. The van der Waals surface area contributed by atoms with E-state index >= 15 is 0 Å². The highest BCUT2D eigenvalue weighted by molar-refractivity contribution is 7.13. The summed E-state index contributed by atoms with van der Waals surface area (Å²) in [6, 6.07) is 7.13. The number of pyridine rings is 1. The second-order valence-electron chi connectivity index (χ2n) is 3.78. The van der Waals surface area contributed by atoms with Crippen molar-refractivity contribution in [2.24, 2.45) is 0 Å². The predicted molar refractivity (Wildman–Crippen MR) is 69.9 cm³/mol. The van der Waals surface area contributed by atoms with E-state index in [0.717, 1.165) is 4.88 Å². The molecule has 3 heterocycles. The summed E-state index contributed by atoms with van der Waals surface area (Å²) in [7, 11) is 0. The summed E-state index contributed by atoms with van der Waals surface area (Å²) < 4.78 is 1.71. The minimum Gasteiger partial charge on any atom is -0.476 e. The number of carbonyl (C=O) groups is 1. The fraction of sp³-hybridized carbons (Fsp3) is 0. The molecule has 0 aliphatic rings. The number of fused-ring (bicyclic) bond motifs is 1. The van der Waals surface area contributed by atoms with Gasteiger partial charge in [-0.2, -0.15) is 0 Å². The summed E-state index contributed by atoms with van der Waals surface area (Å²) in [6.07, 6.45) is 1.68. The molecule has 0 amide bonds. The molecule has 0 radical (unpaired) electrons. The van der Waals surface area contributed by atoms with Crippen molar-refractivity contribution < 1.29 is 9.90 Å². The maximum atomic E-state index is 11.2. The second kappa shape index (κ2) is 3.85. The molecule has 0 aliphatic heterocycles. The van der Waals surface area contributed by atoms with Gasteiger partial charge >= 0.3 is 5.97 Å². The average Bonchev–Trinajstić information content (AvgIpc) is 2.93. The van der Waals surface area contributed by atoms with Gasteiger partial charge in [0.15, 0.2) is 11.5 Å². The van der Waals surface area contributed by atoms with Crippen LogP contribution in [0.4, 0.5) is 5.69 Å². The first-order valence-corrected chi connectivity index (χ1v) is 6.09. The van der Waals surface area contributed by atoms with E-state index in [1.807, 2.05) is 17.5 Å². The number of hydrogen-bond donors (Lipinski definition) is 2. The number of thiophene rings is 1. The van der Waals surface area contributed by atoms with Crippen LogP contribution in [0.1, 0.15) is 10.5 Å². The van der Waals surface area contributed by atoms with E-state index in [2.05, 4.69) is 4.98 Å². The average molecular weight is 259 g/mol. The van der Waals surface area contributed by atoms with Gasteiger partial charge in [0.1, 0.15) is 0 Å². The summed E-state index contributed by atoms with van der Waals surface area (Å²) in [5.74, 6) is -0.440.